The largest absolute Gasteiger partial charge is 0.349 e. The first-order valence-electron chi connectivity index (χ1n) is 8.09. The predicted octanol–water partition coefficient (Wildman–Crippen LogP) is 2.75. The van der Waals surface area contributed by atoms with Gasteiger partial charge in [-0.05, 0) is 51.9 Å². The summed E-state index contributed by atoms with van der Waals surface area (Å²) < 4.78 is 0. The highest BCUT2D eigenvalue weighted by Crippen LogP contribution is 2.25. The zero-order chi connectivity index (χ0) is 17.0. The molecule has 1 N–H and O–H groups in total. The van der Waals surface area contributed by atoms with Crippen LogP contribution in [0.3, 0.4) is 0 Å². The summed E-state index contributed by atoms with van der Waals surface area (Å²) >= 11 is 0. The Labute approximate surface area is 137 Å². The average molecular weight is 319 g/mol. The van der Waals surface area contributed by atoms with Crippen LogP contribution in [0.25, 0.3) is 0 Å². The van der Waals surface area contributed by atoms with Gasteiger partial charge in [0.05, 0.1) is 4.92 Å². The van der Waals surface area contributed by atoms with Crippen LogP contribution in [0.15, 0.2) is 18.2 Å². The maximum absolute atomic E-state index is 12.5. The van der Waals surface area contributed by atoms with Gasteiger partial charge >= 0.3 is 0 Å². The van der Waals surface area contributed by atoms with Gasteiger partial charge in [-0.25, -0.2) is 0 Å². The van der Waals surface area contributed by atoms with Gasteiger partial charge in [0.2, 0.25) is 0 Å². The summed E-state index contributed by atoms with van der Waals surface area (Å²) in [6.45, 7) is 2.62. The lowest BCUT2D eigenvalue weighted by molar-refractivity contribution is -0.385. The van der Waals surface area contributed by atoms with Crippen molar-refractivity contribution >= 4 is 11.6 Å². The molecular formula is C17H25N3O3. The number of benzene rings is 1. The Morgan fingerprint density at radius 2 is 2.04 bits per heavy atom. The quantitative estimate of drug-likeness (QED) is 0.669. The molecule has 0 spiro atoms. The molecule has 0 saturated heterocycles. The van der Waals surface area contributed by atoms with E-state index in [1.54, 1.807) is 13.0 Å². The third kappa shape index (κ3) is 4.51. The van der Waals surface area contributed by atoms with Crippen molar-refractivity contribution in [1.82, 2.24) is 10.2 Å². The van der Waals surface area contributed by atoms with Crippen molar-refractivity contribution in [3.8, 4) is 0 Å². The van der Waals surface area contributed by atoms with Crippen LogP contribution in [0.1, 0.15) is 41.6 Å². The van der Waals surface area contributed by atoms with E-state index in [2.05, 4.69) is 10.2 Å². The SMILES string of the molecule is Cc1cc(C(=O)NC2CCCCC2CN(C)C)ccc1[N+](=O)[O-]. The number of nitrogens with one attached hydrogen (secondary N) is 1. The molecule has 1 saturated carbocycles. The van der Waals surface area contributed by atoms with Crippen molar-refractivity contribution in [2.75, 3.05) is 20.6 Å². The summed E-state index contributed by atoms with van der Waals surface area (Å²) in [4.78, 5) is 25.1. The molecule has 1 fully saturated rings. The molecule has 1 aromatic carbocycles. The van der Waals surface area contributed by atoms with Crippen LogP contribution in [0.2, 0.25) is 0 Å². The minimum Gasteiger partial charge on any atom is -0.349 e. The predicted molar refractivity (Wildman–Crippen MR) is 89.6 cm³/mol. The summed E-state index contributed by atoms with van der Waals surface area (Å²) in [7, 11) is 4.10. The van der Waals surface area contributed by atoms with Gasteiger partial charge in [0.25, 0.3) is 11.6 Å². The Morgan fingerprint density at radius 1 is 1.35 bits per heavy atom. The maximum Gasteiger partial charge on any atom is 0.272 e. The van der Waals surface area contributed by atoms with Crippen molar-refractivity contribution < 1.29 is 9.72 Å². The molecule has 0 aliphatic heterocycles. The summed E-state index contributed by atoms with van der Waals surface area (Å²) in [5.74, 6) is 0.320. The zero-order valence-corrected chi connectivity index (χ0v) is 14.0. The van der Waals surface area contributed by atoms with E-state index in [1.165, 1.54) is 18.6 Å². The minimum absolute atomic E-state index is 0.0460. The molecule has 0 radical (unpaired) electrons. The molecule has 0 aromatic heterocycles. The van der Waals surface area contributed by atoms with E-state index in [-0.39, 0.29) is 17.6 Å². The van der Waals surface area contributed by atoms with E-state index in [0.717, 1.165) is 25.8 Å². The van der Waals surface area contributed by atoms with Gasteiger partial charge in [0.15, 0.2) is 0 Å². The molecular weight excluding hydrogens is 294 g/mol. The number of nitro benzene ring substituents is 1. The van der Waals surface area contributed by atoms with Crippen LogP contribution in [0, 0.1) is 23.0 Å². The van der Waals surface area contributed by atoms with Gasteiger partial charge in [0, 0.05) is 29.8 Å². The molecule has 1 aromatic rings. The number of rotatable bonds is 5. The topological polar surface area (TPSA) is 75.5 Å². The third-order valence-electron chi connectivity index (χ3n) is 4.48. The highest BCUT2D eigenvalue weighted by molar-refractivity contribution is 5.94. The third-order valence-corrected chi connectivity index (χ3v) is 4.48. The van der Waals surface area contributed by atoms with Crippen LogP contribution in [-0.4, -0.2) is 42.4 Å². The Balaban J connectivity index is 2.08. The molecule has 2 unspecified atom stereocenters. The van der Waals surface area contributed by atoms with Gasteiger partial charge in [-0.1, -0.05) is 12.8 Å². The number of nitrogens with zero attached hydrogens (tertiary/aromatic N) is 2. The van der Waals surface area contributed by atoms with E-state index in [0.29, 0.717) is 17.0 Å². The van der Waals surface area contributed by atoms with Crippen molar-refractivity contribution in [1.29, 1.82) is 0 Å². The van der Waals surface area contributed by atoms with E-state index < -0.39 is 4.92 Å². The first-order valence-corrected chi connectivity index (χ1v) is 8.09. The maximum atomic E-state index is 12.5. The number of carbonyl (C=O) groups is 1. The summed E-state index contributed by atoms with van der Waals surface area (Å²) in [6.07, 6.45) is 4.47. The second-order valence-electron chi connectivity index (χ2n) is 6.65. The molecule has 6 heteroatoms. The Kier molecular flexibility index (Phi) is 5.71. The Bertz CT molecular complexity index is 586. The number of hydrogen-bond acceptors (Lipinski definition) is 4. The van der Waals surface area contributed by atoms with Gasteiger partial charge in [0.1, 0.15) is 0 Å². The highest BCUT2D eigenvalue weighted by atomic mass is 16.6. The number of carbonyl (C=O) groups excluding carboxylic acids is 1. The standard InChI is InChI=1S/C17H25N3O3/c1-12-10-13(8-9-16(12)20(22)23)17(21)18-15-7-5-4-6-14(15)11-19(2)3/h8-10,14-15H,4-7,11H2,1-3H3,(H,18,21). The number of hydrogen-bond donors (Lipinski definition) is 1. The molecule has 0 heterocycles. The molecule has 2 atom stereocenters. The van der Waals surface area contributed by atoms with E-state index in [1.807, 2.05) is 14.1 Å². The number of nitro groups is 1. The van der Waals surface area contributed by atoms with Crippen LogP contribution in [-0.2, 0) is 0 Å². The van der Waals surface area contributed by atoms with Crippen molar-refractivity contribution in [2.24, 2.45) is 5.92 Å². The fourth-order valence-corrected chi connectivity index (χ4v) is 3.34. The molecule has 23 heavy (non-hydrogen) atoms. The fraction of sp³-hybridized carbons (Fsp3) is 0.588. The second kappa shape index (κ2) is 7.55. The summed E-state index contributed by atoms with van der Waals surface area (Å²) in [5, 5.41) is 14.0. The lowest BCUT2D eigenvalue weighted by Gasteiger charge is -2.34. The zero-order valence-electron chi connectivity index (χ0n) is 14.0. The number of aryl methyl sites for hydroxylation is 1. The van der Waals surface area contributed by atoms with Gasteiger partial charge < -0.3 is 10.2 Å². The van der Waals surface area contributed by atoms with Gasteiger partial charge in [-0.15, -0.1) is 0 Å². The van der Waals surface area contributed by atoms with Crippen molar-refractivity contribution in [2.45, 2.75) is 38.6 Å². The normalized spacial score (nSPS) is 21.2. The second-order valence-corrected chi connectivity index (χ2v) is 6.65. The highest BCUT2D eigenvalue weighted by Gasteiger charge is 2.27. The molecule has 1 aliphatic rings. The Hall–Kier alpha value is -1.95. The fourth-order valence-electron chi connectivity index (χ4n) is 3.34. The van der Waals surface area contributed by atoms with E-state index in [4.69, 9.17) is 0 Å². The minimum atomic E-state index is -0.425. The van der Waals surface area contributed by atoms with Crippen LogP contribution in [0.5, 0.6) is 0 Å². The molecule has 6 nitrogen and oxygen atoms in total. The molecule has 126 valence electrons. The summed E-state index contributed by atoms with van der Waals surface area (Å²) in [6, 6.07) is 4.71. The van der Waals surface area contributed by atoms with Crippen molar-refractivity contribution in [3.05, 3.63) is 39.4 Å². The molecule has 1 amide bonds. The van der Waals surface area contributed by atoms with E-state index in [9.17, 15) is 14.9 Å². The van der Waals surface area contributed by atoms with Crippen LogP contribution >= 0.6 is 0 Å². The molecule has 0 bridgehead atoms. The average Bonchev–Trinajstić information content (AvgIpc) is 2.48. The lowest BCUT2D eigenvalue weighted by Crippen LogP contribution is -2.45. The number of amides is 1. The van der Waals surface area contributed by atoms with Crippen LogP contribution in [0.4, 0.5) is 5.69 Å². The smallest absolute Gasteiger partial charge is 0.272 e. The Morgan fingerprint density at radius 3 is 2.65 bits per heavy atom. The summed E-state index contributed by atoms with van der Waals surface area (Å²) in [5.41, 5.74) is 1.04. The van der Waals surface area contributed by atoms with Gasteiger partial charge in [-0.2, -0.15) is 0 Å². The van der Waals surface area contributed by atoms with E-state index >= 15 is 0 Å². The molecule has 2 rings (SSSR count). The molecule has 1 aliphatic carbocycles. The first kappa shape index (κ1) is 17.4. The van der Waals surface area contributed by atoms with Crippen LogP contribution < -0.4 is 5.32 Å². The van der Waals surface area contributed by atoms with Gasteiger partial charge in [-0.3, -0.25) is 14.9 Å². The van der Waals surface area contributed by atoms with Crippen molar-refractivity contribution in [3.63, 3.8) is 0 Å². The monoisotopic (exact) mass is 319 g/mol. The lowest BCUT2D eigenvalue weighted by atomic mass is 9.84. The first-order chi connectivity index (χ1) is 10.9.